The summed E-state index contributed by atoms with van der Waals surface area (Å²) < 4.78 is 23.0. The highest BCUT2D eigenvalue weighted by Gasteiger charge is 2.34. The Hall–Kier alpha value is -4.65. The average molecular weight is 727 g/mol. The Morgan fingerprint density at radius 2 is 1.78 bits per heavy atom. The molecule has 1 aromatic heterocycles. The Morgan fingerprint density at radius 3 is 2.45 bits per heavy atom. The van der Waals surface area contributed by atoms with Crippen LogP contribution in [0.4, 0.5) is 5.69 Å². The molecule has 0 bridgehead atoms. The topological polar surface area (TPSA) is 188 Å². The SMILES string of the molecule is CCCCCC(C(=O)NCNC(=O)c1ccc(-c2cc(OCC)cc(P(=O)(O)O)c2)o1)C(CC)N(C=O)OC(=O)c1cccc(N2CCCC2)c1. The molecule has 2 aromatic carbocycles. The van der Waals surface area contributed by atoms with Crippen LogP contribution >= 0.6 is 7.60 Å². The molecule has 3 amide bonds. The number of amides is 3. The minimum atomic E-state index is -4.61. The average Bonchev–Trinajstić information content (AvgIpc) is 3.84. The van der Waals surface area contributed by atoms with E-state index >= 15 is 0 Å². The van der Waals surface area contributed by atoms with Crippen molar-refractivity contribution in [1.82, 2.24) is 15.7 Å². The zero-order valence-corrected chi connectivity index (χ0v) is 30.1. The van der Waals surface area contributed by atoms with Crippen LogP contribution in [-0.2, 0) is 19.0 Å². The summed E-state index contributed by atoms with van der Waals surface area (Å²) in [5, 5.41) is 5.94. The summed E-state index contributed by atoms with van der Waals surface area (Å²) in [6.45, 7) is 7.38. The fourth-order valence-electron chi connectivity index (χ4n) is 6.06. The molecule has 1 fully saturated rings. The van der Waals surface area contributed by atoms with Gasteiger partial charge >= 0.3 is 13.6 Å². The molecule has 1 aliphatic heterocycles. The third-order valence-corrected chi connectivity index (χ3v) is 9.61. The van der Waals surface area contributed by atoms with Crippen molar-refractivity contribution in [1.29, 1.82) is 0 Å². The van der Waals surface area contributed by atoms with Gasteiger partial charge in [-0.15, -0.1) is 0 Å². The summed E-state index contributed by atoms with van der Waals surface area (Å²) in [5.41, 5.74) is 1.49. The monoisotopic (exact) mass is 726 g/mol. The van der Waals surface area contributed by atoms with Crippen LogP contribution in [0.5, 0.6) is 5.75 Å². The Labute approximate surface area is 297 Å². The quantitative estimate of drug-likeness (QED) is 0.0439. The summed E-state index contributed by atoms with van der Waals surface area (Å²) in [6, 6.07) is 13.2. The van der Waals surface area contributed by atoms with Crippen LogP contribution in [0.15, 0.2) is 59.0 Å². The van der Waals surface area contributed by atoms with Gasteiger partial charge in [0.25, 0.3) is 5.91 Å². The number of hydrogen-bond donors (Lipinski definition) is 4. The Balaban J connectivity index is 1.41. The highest BCUT2D eigenvalue weighted by Crippen LogP contribution is 2.37. The van der Waals surface area contributed by atoms with E-state index in [4.69, 9.17) is 14.0 Å². The Morgan fingerprint density at radius 1 is 1.02 bits per heavy atom. The number of nitrogens with zero attached hydrogens (tertiary/aromatic N) is 2. The molecule has 3 aromatic rings. The van der Waals surface area contributed by atoms with Crippen molar-refractivity contribution in [2.75, 3.05) is 31.3 Å². The molecular weight excluding hydrogens is 679 g/mol. The number of rotatable bonds is 19. The first-order valence-corrected chi connectivity index (χ1v) is 18.9. The van der Waals surface area contributed by atoms with Crippen LogP contribution in [0, 0.1) is 5.92 Å². The molecule has 0 saturated carbocycles. The molecule has 276 valence electrons. The van der Waals surface area contributed by atoms with Crippen LogP contribution in [-0.4, -0.2) is 71.5 Å². The lowest BCUT2D eigenvalue weighted by Crippen LogP contribution is -2.49. The van der Waals surface area contributed by atoms with Crippen molar-refractivity contribution >= 4 is 42.8 Å². The number of carbonyl (C=O) groups is 4. The van der Waals surface area contributed by atoms with E-state index in [2.05, 4.69) is 15.5 Å². The molecular formula is C36H47N4O10P. The second-order valence-electron chi connectivity index (χ2n) is 12.2. The minimum absolute atomic E-state index is 0.0995. The van der Waals surface area contributed by atoms with Gasteiger partial charge in [0.15, 0.2) is 5.76 Å². The molecule has 14 nitrogen and oxygen atoms in total. The molecule has 2 heterocycles. The van der Waals surface area contributed by atoms with Crippen molar-refractivity contribution in [3.05, 3.63) is 65.9 Å². The standard InChI is InChI=1S/C36H47N4O10P/c1-4-7-8-14-30(31(5-2)40(24-41)50-36(44)25-12-11-13-27(19-25)39-17-9-10-18-39)34(42)37-23-38-35(43)33-16-15-32(49-33)26-20-28(48-6-3)22-29(21-26)51(45,46)47/h11-13,15-16,19-22,24,30-31H,4-10,14,17-18,23H2,1-3H3,(H,37,42)(H,38,43)(H2,45,46,47). The second kappa shape index (κ2) is 18.5. The predicted molar refractivity (Wildman–Crippen MR) is 190 cm³/mol. The first-order chi connectivity index (χ1) is 24.5. The fraction of sp³-hybridized carbons (Fsp3) is 0.444. The first kappa shape index (κ1) is 39.1. The molecule has 4 N–H and O–H groups in total. The van der Waals surface area contributed by atoms with Gasteiger partial charge in [0.1, 0.15) is 11.5 Å². The molecule has 1 saturated heterocycles. The lowest BCUT2D eigenvalue weighted by Gasteiger charge is -2.32. The number of ether oxygens (including phenoxy) is 1. The summed E-state index contributed by atoms with van der Waals surface area (Å²) in [4.78, 5) is 79.1. The molecule has 0 aliphatic carbocycles. The number of anilines is 1. The summed E-state index contributed by atoms with van der Waals surface area (Å²) in [7, 11) is -4.61. The largest absolute Gasteiger partial charge is 0.494 e. The van der Waals surface area contributed by atoms with Gasteiger partial charge in [-0.1, -0.05) is 39.2 Å². The maximum absolute atomic E-state index is 13.6. The van der Waals surface area contributed by atoms with Crippen molar-refractivity contribution in [3.63, 3.8) is 0 Å². The number of benzene rings is 2. The van der Waals surface area contributed by atoms with Gasteiger partial charge in [-0.25, -0.2) is 4.79 Å². The predicted octanol–water partition coefficient (Wildman–Crippen LogP) is 4.76. The van der Waals surface area contributed by atoms with E-state index in [-0.39, 0.29) is 35.9 Å². The van der Waals surface area contributed by atoms with Crippen molar-refractivity contribution in [3.8, 4) is 17.1 Å². The Kier molecular flexibility index (Phi) is 14.2. The van der Waals surface area contributed by atoms with Gasteiger partial charge in [-0.2, -0.15) is 5.06 Å². The smallest absolute Gasteiger partial charge is 0.363 e. The van der Waals surface area contributed by atoms with E-state index < -0.39 is 37.3 Å². The molecule has 1 aliphatic rings. The van der Waals surface area contributed by atoms with Crippen molar-refractivity contribution in [2.45, 2.75) is 71.8 Å². The van der Waals surface area contributed by atoms with E-state index in [1.54, 1.807) is 32.0 Å². The molecule has 4 rings (SSSR count). The van der Waals surface area contributed by atoms with E-state index in [0.717, 1.165) is 49.5 Å². The highest BCUT2D eigenvalue weighted by atomic mass is 31.2. The fourth-order valence-corrected chi connectivity index (χ4v) is 6.67. The van der Waals surface area contributed by atoms with E-state index in [1.807, 2.05) is 13.0 Å². The maximum Gasteiger partial charge on any atom is 0.363 e. The third kappa shape index (κ3) is 10.7. The van der Waals surface area contributed by atoms with E-state index in [9.17, 15) is 33.5 Å². The Bertz CT molecular complexity index is 1700. The number of hydrogen-bond acceptors (Lipinski definition) is 9. The molecule has 0 spiro atoms. The van der Waals surface area contributed by atoms with Gasteiger partial charge in [-0.3, -0.25) is 18.9 Å². The molecule has 15 heteroatoms. The molecule has 2 atom stereocenters. The summed E-state index contributed by atoms with van der Waals surface area (Å²) in [6.07, 6.45) is 5.76. The molecule has 51 heavy (non-hydrogen) atoms. The third-order valence-electron chi connectivity index (χ3n) is 8.67. The normalized spacial score (nSPS) is 14.0. The number of unbranched alkanes of at least 4 members (excludes halogenated alkanes) is 2. The zero-order chi connectivity index (χ0) is 37.0. The zero-order valence-electron chi connectivity index (χ0n) is 29.2. The second-order valence-corrected chi connectivity index (χ2v) is 13.9. The number of carbonyl (C=O) groups excluding carboxylic acids is 4. The highest BCUT2D eigenvalue weighted by molar-refractivity contribution is 7.60. The van der Waals surface area contributed by atoms with Gasteiger partial charge in [0.2, 0.25) is 12.3 Å². The van der Waals surface area contributed by atoms with E-state index in [1.165, 1.54) is 30.3 Å². The lowest BCUT2D eigenvalue weighted by atomic mass is 9.90. The lowest BCUT2D eigenvalue weighted by molar-refractivity contribution is -0.171. The van der Waals surface area contributed by atoms with Crippen molar-refractivity contribution < 1.29 is 47.5 Å². The van der Waals surface area contributed by atoms with Crippen LogP contribution < -0.4 is 25.6 Å². The van der Waals surface area contributed by atoms with Gasteiger partial charge in [0.05, 0.1) is 36.1 Å². The maximum atomic E-state index is 13.6. The van der Waals surface area contributed by atoms with Crippen LogP contribution in [0.25, 0.3) is 11.3 Å². The first-order valence-electron chi connectivity index (χ1n) is 17.3. The summed E-state index contributed by atoms with van der Waals surface area (Å²) in [5.74, 6) is -2.23. The number of hydroxylamine groups is 2. The van der Waals surface area contributed by atoms with Crippen molar-refractivity contribution in [2.24, 2.45) is 5.92 Å². The number of furan rings is 1. The van der Waals surface area contributed by atoms with Crippen LogP contribution in [0.2, 0.25) is 0 Å². The minimum Gasteiger partial charge on any atom is -0.494 e. The van der Waals surface area contributed by atoms with Crippen LogP contribution in [0.3, 0.4) is 0 Å². The van der Waals surface area contributed by atoms with Gasteiger partial charge < -0.3 is 39.3 Å². The molecule has 0 radical (unpaired) electrons. The van der Waals surface area contributed by atoms with Gasteiger partial charge in [0, 0.05) is 24.3 Å². The number of nitrogens with one attached hydrogen (secondary N) is 2. The molecule has 2 unspecified atom stereocenters. The van der Waals surface area contributed by atoms with E-state index in [0.29, 0.717) is 36.8 Å². The summed E-state index contributed by atoms with van der Waals surface area (Å²) >= 11 is 0. The van der Waals surface area contributed by atoms with Gasteiger partial charge in [-0.05, 0) is 81.1 Å². The van der Waals surface area contributed by atoms with Crippen LogP contribution in [0.1, 0.15) is 86.6 Å².